The number of hydrogen-bond donors (Lipinski definition) is 1. The first-order chi connectivity index (χ1) is 15.4. The molecule has 6 nitrogen and oxygen atoms in total. The summed E-state index contributed by atoms with van der Waals surface area (Å²) in [5, 5.41) is 11.1. The minimum absolute atomic E-state index is 0.0367. The van der Waals surface area contributed by atoms with E-state index < -0.39 is 23.5 Å². The molecule has 7 heteroatoms. The Morgan fingerprint density at radius 3 is 2.62 bits per heavy atom. The third kappa shape index (κ3) is 3.36. The van der Waals surface area contributed by atoms with E-state index in [0.717, 1.165) is 11.3 Å². The van der Waals surface area contributed by atoms with Crippen LogP contribution in [0.4, 0.5) is 4.39 Å². The van der Waals surface area contributed by atoms with E-state index >= 15 is 0 Å². The van der Waals surface area contributed by atoms with E-state index in [-0.39, 0.29) is 17.9 Å². The zero-order chi connectivity index (χ0) is 22.4. The molecule has 1 saturated heterocycles. The number of Topliss-reactive ketones (excluding diaryl/α,β-unsaturated/α-hetero) is 1. The van der Waals surface area contributed by atoms with E-state index in [2.05, 4.69) is 0 Å². The highest BCUT2D eigenvalue weighted by Crippen LogP contribution is 2.41. The van der Waals surface area contributed by atoms with Crippen molar-refractivity contribution in [1.29, 1.82) is 0 Å². The average Bonchev–Trinajstić information content (AvgIpc) is 3.49. The molecule has 1 unspecified atom stereocenters. The van der Waals surface area contributed by atoms with Crippen LogP contribution in [0.3, 0.4) is 0 Å². The summed E-state index contributed by atoms with van der Waals surface area (Å²) in [6, 6.07) is 13.4. The summed E-state index contributed by atoms with van der Waals surface area (Å²) in [6.45, 7) is 2.38. The summed E-state index contributed by atoms with van der Waals surface area (Å²) in [6.07, 6.45) is 0.705. The van der Waals surface area contributed by atoms with Gasteiger partial charge in [0, 0.05) is 18.5 Å². The van der Waals surface area contributed by atoms with Gasteiger partial charge < -0.3 is 19.2 Å². The maximum Gasteiger partial charge on any atom is 0.296 e. The Bertz CT molecular complexity index is 1260. The molecule has 1 fully saturated rings. The highest BCUT2D eigenvalue weighted by molar-refractivity contribution is 6.46. The van der Waals surface area contributed by atoms with Crippen molar-refractivity contribution in [2.75, 3.05) is 6.61 Å². The molecule has 5 rings (SSSR count). The van der Waals surface area contributed by atoms with E-state index in [9.17, 15) is 19.1 Å². The number of nitrogens with zero attached hydrogens (tertiary/aromatic N) is 1. The third-order valence-electron chi connectivity index (χ3n) is 5.80. The SMILES string of the molecule is Cc1ccc(C2/C(=C(/O)c3ccc4c(c3)CCO4)C(=O)C(=O)N2Cc2ccc(F)cc2)o1. The number of amides is 1. The third-order valence-corrected chi connectivity index (χ3v) is 5.80. The number of rotatable bonds is 4. The molecular formula is C25H20FNO5. The number of aliphatic hydroxyl groups excluding tert-OH is 1. The van der Waals surface area contributed by atoms with Crippen LogP contribution in [0.25, 0.3) is 5.76 Å². The number of benzene rings is 2. The van der Waals surface area contributed by atoms with Gasteiger partial charge in [0.05, 0.1) is 12.2 Å². The Labute approximate surface area is 183 Å². The number of carbonyl (C=O) groups is 2. The fourth-order valence-electron chi connectivity index (χ4n) is 4.22. The van der Waals surface area contributed by atoms with E-state index in [1.807, 2.05) is 0 Å². The molecule has 1 aromatic heterocycles. The van der Waals surface area contributed by atoms with Crippen LogP contribution in [0.5, 0.6) is 5.75 Å². The predicted molar refractivity (Wildman–Crippen MR) is 113 cm³/mol. The molecule has 32 heavy (non-hydrogen) atoms. The molecular weight excluding hydrogens is 413 g/mol. The molecule has 2 aliphatic heterocycles. The molecule has 0 bridgehead atoms. The number of hydrogen-bond acceptors (Lipinski definition) is 5. The Kier molecular flexibility index (Phi) is 4.81. The van der Waals surface area contributed by atoms with Gasteiger partial charge >= 0.3 is 0 Å². The van der Waals surface area contributed by atoms with Crippen molar-refractivity contribution in [3.05, 3.63) is 94.2 Å². The van der Waals surface area contributed by atoms with Crippen molar-refractivity contribution < 1.29 is 28.2 Å². The fraction of sp³-hybridized carbons (Fsp3) is 0.200. The monoisotopic (exact) mass is 433 g/mol. The lowest BCUT2D eigenvalue weighted by molar-refractivity contribution is -0.140. The van der Waals surface area contributed by atoms with E-state index in [1.54, 1.807) is 49.4 Å². The van der Waals surface area contributed by atoms with Gasteiger partial charge in [0.2, 0.25) is 0 Å². The lowest BCUT2D eigenvalue weighted by Gasteiger charge is -2.23. The van der Waals surface area contributed by atoms with Crippen molar-refractivity contribution in [3.63, 3.8) is 0 Å². The molecule has 3 heterocycles. The van der Waals surface area contributed by atoms with Crippen LogP contribution >= 0.6 is 0 Å². The molecule has 2 aromatic carbocycles. The normalized spacial score (nSPS) is 19.3. The second-order valence-electron chi connectivity index (χ2n) is 7.92. The van der Waals surface area contributed by atoms with Gasteiger partial charge in [-0.2, -0.15) is 0 Å². The van der Waals surface area contributed by atoms with Crippen LogP contribution in [0.2, 0.25) is 0 Å². The van der Waals surface area contributed by atoms with Crippen LogP contribution in [0.15, 0.2) is 64.6 Å². The summed E-state index contributed by atoms with van der Waals surface area (Å²) < 4.78 is 24.6. The van der Waals surface area contributed by atoms with Gasteiger partial charge in [0.15, 0.2) is 0 Å². The first-order valence-electron chi connectivity index (χ1n) is 10.3. The van der Waals surface area contributed by atoms with E-state index in [0.29, 0.717) is 35.7 Å². The number of aliphatic hydroxyl groups is 1. The standard InChI is InChI=1S/C25H20FNO5/c1-14-2-8-20(32-14)22-21(23(28)17-5-9-19-16(12-17)10-11-31-19)24(29)25(30)27(22)13-15-3-6-18(26)7-4-15/h2-9,12,22,28H,10-11,13H2,1H3/b23-21-. The van der Waals surface area contributed by atoms with Gasteiger partial charge in [0.1, 0.15) is 34.9 Å². The molecule has 0 spiro atoms. The summed E-state index contributed by atoms with van der Waals surface area (Å²) in [7, 11) is 0. The lowest BCUT2D eigenvalue weighted by Crippen LogP contribution is -2.29. The zero-order valence-electron chi connectivity index (χ0n) is 17.3. The van der Waals surface area contributed by atoms with Crippen molar-refractivity contribution in [2.24, 2.45) is 0 Å². The first kappa shape index (κ1) is 20.1. The van der Waals surface area contributed by atoms with Crippen molar-refractivity contribution in [1.82, 2.24) is 4.90 Å². The molecule has 1 amide bonds. The number of ketones is 1. The number of fused-ring (bicyclic) bond motifs is 1. The second kappa shape index (κ2) is 7.67. The minimum Gasteiger partial charge on any atom is -0.507 e. The molecule has 0 saturated carbocycles. The number of likely N-dealkylation sites (tertiary alicyclic amines) is 1. The molecule has 0 aliphatic carbocycles. The van der Waals surface area contributed by atoms with Crippen LogP contribution in [0.1, 0.15) is 34.3 Å². The Balaban J connectivity index is 1.61. The van der Waals surface area contributed by atoms with Gasteiger partial charge in [-0.3, -0.25) is 9.59 Å². The fourth-order valence-corrected chi connectivity index (χ4v) is 4.22. The summed E-state index contributed by atoms with van der Waals surface area (Å²) in [4.78, 5) is 27.4. The molecule has 162 valence electrons. The Morgan fingerprint density at radius 1 is 1.12 bits per heavy atom. The van der Waals surface area contributed by atoms with Gasteiger partial charge in [-0.25, -0.2) is 4.39 Å². The smallest absolute Gasteiger partial charge is 0.296 e. The number of furan rings is 1. The lowest BCUT2D eigenvalue weighted by atomic mass is 9.98. The predicted octanol–water partition coefficient (Wildman–Crippen LogP) is 4.28. The van der Waals surface area contributed by atoms with Crippen LogP contribution in [0, 0.1) is 12.7 Å². The summed E-state index contributed by atoms with van der Waals surface area (Å²) in [5.41, 5.74) is 1.98. The topological polar surface area (TPSA) is 80.0 Å². The molecule has 1 N–H and O–H groups in total. The van der Waals surface area contributed by atoms with Gasteiger partial charge in [-0.1, -0.05) is 12.1 Å². The van der Waals surface area contributed by atoms with E-state index in [1.165, 1.54) is 17.0 Å². The number of ether oxygens (including phenoxy) is 1. The average molecular weight is 433 g/mol. The molecule has 3 aromatic rings. The highest BCUT2D eigenvalue weighted by atomic mass is 19.1. The maximum absolute atomic E-state index is 13.3. The maximum atomic E-state index is 13.3. The van der Waals surface area contributed by atoms with Crippen molar-refractivity contribution >= 4 is 17.4 Å². The molecule has 1 atom stereocenters. The minimum atomic E-state index is -0.904. The quantitative estimate of drug-likeness (QED) is 0.377. The largest absolute Gasteiger partial charge is 0.507 e. The zero-order valence-corrected chi connectivity index (χ0v) is 17.3. The molecule has 2 aliphatic rings. The van der Waals surface area contributed by atoms with Crippen LogP contribution in [-0.4, -0.2) is 28.3 Å². The second-order valence-corrected chi connectivity index (χ2v) is 7.92. The van der Waals surface area contributed by atoms with Gasteiger partial charge in [0.25, 0.3) is 11.7 Å². The van der Waals surface area contributed by atoms with Gasteiger partial charge in [-0.05, 0) is 60.5 Å². The van der Waals surface area contributed by atoms with Crippen LogP contribution in [-0.2, 0) is 22.6 Å². The Morgan fingerprint density at radius 2 is 1.91 bits per heavy atom. The van der Waals surface area contributed by atoms with Crippen molar-refractivity contribution in [3.8, 4) is 5.75 Å². The summed E-state index contributed by atoms with van der Waals surface area (Å²) in [5.74, 6) is -0.471. The van der Waals surface area contributed by atoms with Gasteiger partial charge in [-0.15, -0.1) is 0 Å². The summed E-state index contributed by atoms with van der Waals surface area (Å²) >= 11 is 0. The number of aryl methyl sites for hydroxylation is 1. The Hall–Kier alpha value is -3.87. The highest BCUT2D eigenvalue weighted by Gasteiger charge is 2.47. The van der Waals surface area contributed by atoms with Crippen LogP contribution < -0.4 is 4.74 Å². The number of halogens is 1. The van der Waals surface area contributed by atoms with Crippen molar-refractivity contribution in [2.45, 2.75) is 25.9 Å². The number of carbonyl (C=O) groups excluding carboxylic acids is 2. The van der Waals surface area contributed by atoms with E-state index in [4.69, 9.17) is 9.15 Å². The first-order valence-corrected chi connectivity index (χ1v) is 10.3. The molecule has 0 radical (unpaired) electrons.